The molecule has 0 radical (unpaired) electrons. The van der Waals surface area contributed by atoms with E-state index >= 15 is 0 Å². The van der Waals surface area contributed by atoms with Crippen molar-refractivity contribution in [3.8, 4) is 0 Å². The summed E-state index contributed by atoms with van der Waals surface area (Å²) in [5.74, 6) is 0.0597. The topological polar surface area (TPSA) is 58.1 Å². The summed E-state index contributed by atoms with van der Waals surface area (Å²) in [5.41, 5.74) is 0.623. The summed E-state index contributed by atoms with van der Waals surface area (Å²) in [7, 11) is 1.97. The van der Waals surface area contributed by atoms with Gasteiger partial charge in [0.25, 0.3) is 5.91 Å². The zero-order valence-electron chi connectivity index (χ0n) is 9.39. The number of nitrogens with one attached hydrogen (secondary N) is 1. The molecule has 16 heavy (non-hydrogen) atoms. The Morgan fingerprint density at radius 2 is 2.19 bits per heavy atom. The predicted octanol–water partition coefficient (Wildman–Crippen LogP) is 0.301. The van der Waals surface area contributed by atoms with Crippen LogP contribution in [0.3, 0.4) is 0 Å². The van der Waals surface area contributed by atoms with Crippen molar-refractivity contribution in [2.24, 2.45) is 0 Å². The molecule has 1 saturated heterocycles. The van der Waals surface area contributed by atoms with Crippen LogP contribution in [0.15, 0.2) is 18.5 Å². The molecule has 2 rings (SSSR count). The van der Waals surface area contributed by atoms with Gasteiger partial charge in [-0.15, -0.1) is 0 Å². The fourth-order valence-corrected chi connectivity index (χ4v) is 1.97. The van der Waals surface area contributed by atoms with Gasteiger partial charge in [-0.3, -0.25) is 4.79 Å². The molecule has 1 aliphatic rings. The monoisotopic (exact) mass is 220 g/mol. The molecule has 0 atom stereocenters. The number of amides is 1. The van der Waals surface area contributed by atoms with E-state index in [2.05, 4.69) is 15.5 Å². The standard InChI is InChI=1S/C11H16N4O/c1-12-10-3-6-15(7-4-10)11(16)9-2-5-13-14-8-9/h2,5,8,10,12H,3-4,6-7H2,1H3. The normalized spacial score (nSPS) is 17.4. The molecular formula is C11H16N4O. The van der Waals surface area contributed by atoms with Crippen molar-refractivity contribution in [2.45, 2.75) is 18.9 Å². The molecule has 1 aromatic heterocycles. The van der Waals surface area contributed by atoms with E-state index in [0.717, 1.165) is 25.9 Å². The molecule has 0 unspecified atom stereocenters. The van der Waals surface area contributed by atoms with Crippen LogP contribution in [0.4, 0.5) is 0 Å². The summed E-state index contributed by atoms with van der Waals surface area (Å²) in [4.78, 5) is 13.9. The number of aromatic nitrogens is 2. The number of carbonyl (C=O) groups is 1. The van der Waals surface area contributed by atoms with Gasteiger partial charge in [0, 0.05) is 19.1 Å². The lowest BCUT2D eigenvalue weighted by Crippen LogP contribution is -2.43. The lowest BCUT2D eigenvalue weighted by Gasteiger charge is -2.31. The van der Waals surface area contributed by atoms with E-state index in [0.29, 0.717) is 11.6 Å². The molecule has 1 amide bonds. The fraction of sp³-hybridized carbons (Fsp3) is 0.545. The Bertz CT molecular complexity index is 346. The highest BCUT2D eigenvalue weighted by Crippen LogP contribution is 2.12. The van der Waals surface area contributed by atoms with Gasteiger partial charge in [-0.1, -0.05) is 0 Å². The minimum atomic E-state index is 0.0597. The zero-order valence-corrected chi connectivity index (χ0v) is 9.39. The average Bonchev–Trinajstić information content (AvgIpc) is 2.39. The van der Waals surface area contributed by atoms with E-state index in [1.54, 1.807) is 12.3 Å². The molecule has 5 heteroatoms. The number of hydrogen-bond acceptors (Lipinski definition) is 4. The first kappa shape index (κ1) is 11.0. The average molecular weight is 220 g/mol. The van der Waals surface area contributed by atoms with Gasteiger partial charge in [0.05, 0.1) is 18.0 Å². The quantitative estimate of drug-likeness (QED) is 0.779. The number of hydrogen-bond donors (Lipinski definition) is 1. The van der Waals surface area contributed by atoms with E-state index in [1.807, 2.05) is 11.9 Å². The van der Waals surface area contributed by atoms with Crippen molar-refractivity contribution in [1.82, 2.24) is 20.4 Å². The summed E-state index contributed by atoms with van der Waals surface area (Å²) in [5, 5.41) is 10.6. The van der Waals surface area contributed by atoms with Gasteiger partial charge in [0.1, 0.15) is 0 Å². The first-order valence-corrected chi connectivity index (χ1v) is 5.54. The Morgan fingerprint density at radius 3 is 2.75 bits per heavy atom. The lowest BCUT2D eigenvalue weighted by molar-refractivity contribution is 0.0706. The number of nitrogens with zero attached hydrogens (tertiary/aromatic N) is 3. The van der Waals surface area contributed by atoms with Crippen LogP contribution in [0, 0.1) is 0 Å². The van der Waals surface area contributed by atoms with E-state index in [-0.39, 0.29) is 5.91 Å². The molecule has 2 heterocycles. The van der Waals surface area contributed by atoms with Crippen LogP contribution in [0.5, 0.6) is 0 Å². The zero-order chi connectivity index (χ0) is 11.4. The Labute approximate surface area is 94.9 Å². The van der Waals surface area contributed by atoms with Crippen LogP contribution in [0.2, 0.25) is 0 Å². The molecule has 0 aromatic carbocycles. The Kier molecular flexibility index (Phi) is 3.46. The second kappa shape index (κ2) is 5.03. The van der Waals surface area contributed by atoms with Crippen LogP contribution in [-0.4, -0.2) is 47.2 Å². The maximum absolute atomic E-state index is 12.0. The van der Waals surface area contributed by atoms with Gasteiger partial charge in [0.2, 0.25) is 0 Å². The SMILES string of the molecule is CNC1CCN(C(=O)c2ccnnc2)CC1. The van der Waals surface area contributed by atoms with Gasteiger partial charge in [-0.25, -0.2) is 0 Å². The second-order valence-electron chi connectivity index (χ2n) is 3.99. The van der Waals surface area contributed by atoms with Crippen molar-refractivity contribution >= 4 is 5.91 Å². The fourth-order valence-electron chi connectivity index (χ4n) is 1.97. The number of likely N-dealkylation sites (tertiary alicyclic amines) is 1. The van der Waals surface area contributed by atoms with Gasteiger partial charge in [-0.05, 0) is 26.0 Å². The molecule has 1 aromatic rings. The van der Waals surface area contributed by atoms with Crippen molar-refractivity contribution in [1.29, 1.82) is 0 Å². The van der Waals surface area contributed by atoms with E-state index in [9.17, 15) is 4.79 Å². The molecule has 1 N–H and O–H groups in total. The summed E-state index contributed by atoms with van der Waals surface area (Å²) in [6.07, 6.45) is 5.10. The molecule has 1 aliphatic heterocycles. The molecule has 0 bridgehead atoms. The molecule has 0 saturated carbocycles. The first-order valence-electron chi connectivity index (χ1n) is 5.54. The third-order valence-corrected chi connectivity index (χ3v) is 3.02. The maximum atomic E-state index is 12.0. The minimum absolute atomic E-state index is 0.0597. The van der Waals surface area contributed by atoms with Crippen LogP contribution in [0.25, 0.3) is 0 Å². The molecule has 0 spiro atoms. The van der Waals surface area contributed by atoms with Gasteiger partial charge >= 0.3 is 0 Å². The van der Waals surface area contributed by atoms with Gasteiger partial charge in [-0.2, -0.15) is 10.2 Å². The second-order valence-corrected chi connectivity index (χ2v) is 3.99. The van der Waals surface area contributed by atoms with Crippen molar-refractivity contribution < 1.29 is 4.79 Å². The summed E-state index contributed by atoms with van der Waals surface area (Å²) in [6.45, 7) is 1.62. The smallest absolute Gasteiger partial charge is 0.255 e. The Morgan fingerprint density at radius 1 is 1.44 bits per heavy atom. The predicted molar refractivity (Wildman–Crippen MR) is 60.0 cm³/mol. The highest BCUT2D eigenvalue weighted by molar-refractivity contribution is 5.93. The van der Waals surface area contributed by atoms with Gasteiger partial charge < -0.3 is 10.2 Å². The Balaban J connectivity index is 1.97. The maximum Gasteiger partial charge on any atom is 0.255 e. The minimum Gasteiger partial charge on any atom is -0.338 e. The highest BCUT2D eigenvalue weighted by atomic mass is 16.2. The van der Waals surface area contributed by atoms with Crippen LogP contribution in [0.1, 0.15) is 23.2 Å². The van der Waals surface area contributed by atoms with Crippen LogP contribution >= 0.6 is 0 Å². The van der Waals surface area contributed by atoms with E-state index in [1.165, 1.54) is 6.20 Å². The van der Waals surface area contributed by atoms with Crippen molar-refractivity contribution in [2.75, 3.05) is 20.1 Å². The molecule has 0 aliphatic carbocycles. The van der Waals surface area contributed by atoms with Crippen molar-refractivity contribution in [3.05, 3.63) is 24.0 Å². The third-order valence-electron chi connectivity index (χ3n) is 3.02. The molecular weight excluding hydrogens is 204 g/mol. The van der Waals surface area contributed by atoms with E-state index in [4.69, 9.17) is 0 Å². The number of rotatable bonds is 2. The van der Waals surface area contributed by atoms with Gasteiger partial charge in [0.15, 0.2) is 0 Å². The summed E-state index contributed by atoms with van der Waals surface area (Å²) >= 11 is 0. The summed E-state index contributed by atoms with van der Waals surface area (Å²) < 4.78 is 0. The van der Waals surface area contributed by atoms with E-state index < -0.39 is 0 Å². The largest absolute Gasteiger partial charge is 0.338 e. The van der Waals surface area contributed by atoms with Crippen LogP contribution < -0.4 is 5.32 Å². The first-order chi connectivity index (χ1) is 7.81. The van der Waals surface area contributed by atoms with Crippen LogP contribution in [-0.2, 0) is 0 Å². The molecule has 1 fully saturated rings. The lowest BCUT2D eigenvalue weighted by atomic mass is 10.0. The number of piperidine rings is 1. The van der Waals surface area contributed by atoms with Crippen molar-refractivity contribution in [3.63, 3.8) is 0 Å². The molecule has 5 nitrogen and oxygen atoms in total. The Hall–Kier alpha value is -1.49. The highest BCUT2D eigenvalue weighted by Gasteiger charge is 2.22. The third kappa shape index (κ3) is 2.36. The number of carbonyl (C=O) groups excluding carboxylic acids is 1. The molecule has 86 valence electrons. The summed E-state index contributed by atoms with van der Waals surface area (Å²) in [6, 6.07) is 2.25.